The van der Waals surface area contributed by atoms with Crippen molar-refractivity contribution in [2.24, 2.45) is 0 Å². The number of carbonyl (C=O) groups excluding carboxylic acids is 2. The minimum absolute atomic E-state index is 0.210. The van der Waals surface area contributed by atoms with Crippen LogP contribution in [0.1, 0.15) is 19.4 Å². The molecule has 3 amide bonds. The molecule has 1 N–H and O–H groups in total. The summed E-state index contributed by atoms with van der Waals surface area (Å²) >= 11 is 1.47. The van der Waals surface area contributed by atoms with E-state index in [2.05, 4.69) is 21.6 Å². The molecule has 1 saturated heterocycles. The molecule has 0 radical (unpaired) electrons. The van der Waals surface area contributed by atoms with Gasteiger partial charge in [-0.15, -0.1) is 10.2 Å². The summed E-state index contributed by atoms with van der Waals surface area (Å²) in [6, 6.07) is 17.7. The number of para-hydroxylation sites is 1. The Kier molecular flexibility index (Phi) is 5.34. The van der Waals surface area contributed by atoms with Gasteiger partial charge in [0.15, 0.2) is 11.0 Å². The van der Waals surface area contributed by atoms with Crippen molar-refractivity contribution in [3.05, 3.63) is 60.2 Å². The number of aryl methyl sites for hydroxylation is 1. The zero-order chi connectivity index (χ0) is 21.3. The standard InChI is InChI=1S/C22H23N5O2S/c1-15-8-7-9-16(14-15)18-24-25-21(27(18)17-10-5-4-6-11-17)30-13-12-26-19(28)22(2,3)23-20(26)29/h4-11,14H,12-13H2,1-3H3,(H,23,29). The van der Waals surface area contributed by atoms with Crippen LogP contribution in [0.25, 0.3) is 17.1 Å². The molecular weight excluding hydrogens is 398 g/mol. The summed E-state index contributed by atoms with van der Waals surface area (Å²) in [7, 11) is 0. The molecule has 0 saturated carbocycles. The summed E-state index contributed by atoms with van der Waals surface area (Å²) in [6.45, 7) is 5.77. The molecule has 2 heterocycles. The lowest BCUT2D eigenvalue weighted by atomic mass is 10.1. The largest absolute Gasteiger partial charge is 0.325 e. The quantitative estimate of drug-likeness (QED) is 0.485. The molecule has 0 aliphatic carbocycles. The minimum atomic E-state index is -0.857. The maximum atomic E-state index is 12.4. The van der Waals surface area contributed by atoms with Gasteiger partial charge >= 0.3 is 6.03 Å². The maximum absolute atomic E-state index is 12.4. The first-order chi connectivity index (χ1) is 14.4. The Morgan fingerprint density at radius 3 is 2.47 bits per heavy atom. The van der Waals surface area contributed by atoms with Crippen LogP contribution < -0.4 is 5.32 Å². The monoisotopic (exact) mass is 421 g/mol. The van der Waals surface area contributed by atoms with E-state index in [0.29, 0.717) is 17.5 Å². The molecule has 0 unspecified atom stereocenters. The van der Waals surface area contributed by atoms with Gasteiger partial charge < -0.3 is 5.32 Å². The first kappa shape index (κ1) is 20.2. The van der Waals surface area contributed by atoms with Crippen molar-refractivity contribution in [1.29, 1.82) is 0 Å². The second-order valence-corrected chi connectivity index (χ2v) is 8.77. The van der Waals surface area contributed by atoms with Crippen molar-refractivity contribution in [2.75, 3.05) is 12.3 Å². The molecule has 1 fully saturated rings. The highest BCUT2D eigenvalue weighted by Crippen LogP contribution is 2.28. The van der Waals surface area contributed by atoms with Crippen molar-refractivity contribution in [1.82, 2.24) is 25.0 Å². The highest BCUT2D eigenvalue weighted by molar-refractivity contribution is 7.99. The first-order valence-corrected chi connectivity index (χ1v) is 10.7. The van der Waals surface area contributed by atoms with Gasteiger partial charge in [-0.1, -0.05) is 53.7 Å². The van der Waals surface area contributed by atoms with Crippen LogP contribution in [0.3, 0.4) is 0 Å². The summed E-state index contributed by atoms with van der Waals surface area (Å²) in [5.41, 5.74) is 2.22. The Hall–Kier alpha value is -3.13. The summed E-state index contributed by atoms with van der Waals surface area (Å²) < 4.78 is 2.01. The molecular formula is C22H23N5O2S. The molecule has 30 heavy (non-hydrogen) atoms. The fraction of sp³-hybridized carbons (Fsp3) is 0.273. The number of aromatic nitrogens is 3. The minimum Gasteiger partial charge on any atom is -0.324 e. The van der Waals surface area contributed by atoms with Crippen LogP contribution in [-0.4, -0.2) is 49.4 Å². The van der Waals surface area contributed by atoms with E-state index in [9.17, 15) is 9.59 Å². The van der Waals surface area contributed by atoms with Gasteiger partial charge in [-0.2, -0.15) is 0 Å². The smallest absolute Gasteiger partial charge is 0.324 e. The molecule has 1 aliphatic rings. The van der Waals surface area contributed by atoms with Crippen molar-refractivity contribution in [3.8, 4) is 17.1 Å². The molecule has 2 aromatic carbocycles. The maximum Gasteiger partial charge on any atom is 0.325 e. The Bertz CT molecular complexity index is 1090. The van der Waals surface area contributed by atoms with Crippen LogP contribution in [0.4, 0.5) is 4.79 Å². The van der Waals surface area contributed by atoms with Crippen LogP contribution in [0.2, 0.25) is 0 Å². The fourth-order valence-electron chi connectivity index (χ4n) is 3.39. The van der Waals surface area contributed by atoms with Crippen LogP contribution in [0.15, 0.2) is 59.8 Å². The summed E-state index contributed by atoms with van der Waals surface area (Å²) in [5.74, 6) is 1.06. The van der Waals surface area contributed by atoms with Gasteiger partial charge in [0, 0.05) is 23.5 Å². The number of thioether (sulfide) groups is 1. The zero-order valence-corrected chi connectivity index (χ0v) is 17.9. The van der Waals surface area contributed by atoms with Gasteiger partial charge in [-0.3, -0.25) is 14.3 Å². The fourth-order valence-corrected chi connectivity index (χ4v) is 4.27. The molecule has 1 aromatic heterocycles. The Morgan fingerprint density at radius 1 is 1.03 bits per heavy atom. The van der Waals surface area contributed by atoms with Gasteiger partial charge in [0.2, 0.25) is 0 Å². The molecule has 8 heteroatoms. The van der Waals surface area contributed by atoms with Crippen molar-refractivity contribution >= 4 is 23.7 Å². The number of nitrogens with zero attached hydrogens (tertiary/aromatic N) is 4. The molecule has 1 aliphatic heterocycles. The van der Waals surface area contributed by atoms with Gasteiger partial charge in [0.25, 0.3) is 5.91 Å². The Morgan fingerprint density at radius 2 is 1.80 bits per heavy atom. The van der Waals surface area contributed by atoms with Crippen LogP contribution in [0, 0.1) is 6.92 Å². The number of hydrogen-bond donors (Lipinski definition) is 1. The van der Waals surface area contributed by atoms with E-state index >= 15 is 0 Å². The van der Waals surface area contributed by atoms with E-state index in [1.807, 2.05) is 60.0 Å². The lowest BCUT2D eigenvalue weighted by Gasteiger charge is -2.16. The molecule has 154 valence electrons. The highest BCUT2D eigenvalue weighted by Gasteiger charge is 2.43. The van der Waals surface area contributed by atoms with Crippen molar-refractivity contribution in [2.45, 2.75) is 31.5 Å². The summed E-state index contributed by atoms with van der Waals surface area (Å²) in [6.07, 6.45) is 0. The summed E-state index contributed by atoms with van der Waals surface area (Å²) in [4.78, 5) is 25.8. The number of imide groups is 1. The van der Waals surface area contributed by atoms with Gasteiger partial charge in [0.05, 0.1) is 0 Å². The number of hydrogen-bond acceptors (Lipinski definition) is 5. The third-order valence-corrected chi connectivity index (χ3v) is 5.82. The molecule has 3 aromatic rings. The second kappa shape index (κ2) is 7.95. The van der Waals surface area contributed by atoms with Crippen LogP contribution in [0.5, 0.6) is 0 Å². The number of nitrogens with one attached hydrogen (secondary N) is 1. The molecule has 4 rings (SSSR count). The van der Waals surface area contributed by atoms with E-state index in [4.69, 9.17) is 0 Å². The van der Waals surface area contributed by atoms with Crippen LogP contribution >= 0.6 is 11.8 Å². The predicted octanol–water partition coefficient (Wildman–Crippen LogP) is 3.67. The zero-order valence-electron chi connectivity index (χ0n) is 17.1. The number of rotatable bonds is 6. The molecule has 0 spiro atoms. The normalized spacial score (nSPS) is 15.5. The molecule has 0 atom stereocenters. The number of benzene rings is 2. The number of urea groups is 1. The average molecular weight is 422 g/mol. The SMILES string of the molecule is Cc1cccc(-c2nnc(SCCN3C(=O)NC(C)(C)C3=O)n2-c2ccccc2)c1. The number of amides is 3. The third-order valence-electron chi connectivity index (χ3n) is 4.91. The summed E-state index contributed by atoms with van der Waals surface area (Å²) in [5, 5.41) is 12.3. The predicted molar refractivity (Wildman–Crippen MR) is 117 cm³/mol. The average Bonchev–Trinajstić information content (AvgIpc) is 3.22. The van der Waals surface area contributed by atoms with Crippen molar-refractivity contribution < 1.29 is 9.59 Å². The van der Waals surface area contributed by atoms with Gasteiger partial charge in [0.1, 0.15) is 5.54 Å². The van der Waals surface area contributed by atoms with Gasteiger partial charge in [-0.05, 0) is 39.0 Å². The lowest BCUT2D eigenvalue weighted by molar-refractivity contribution is -0.130. The Balaban J connectivity index is 1.60. The van der Waals surface area contributed by atoms with E-state index in [1.54, 1.807) is 13.8 Å². The van der Waals surface area contributed by atoms with Crippen LogP contribution in [-0.2, 0) is 4.79 Å². The highest BCUT2D eigenvalue weighted by atomic mass is 32.2. The topological polar surface area (TPSA) is 80.1 Å². The lowest BCUT2D eigenvalue weighted by Crippen LogP contribution is -2.40. The van der Waals surface area contributed by atoms with Crippen molar-refractivity contribution in [3.63, 3.8) is 0 Å². The third kappa shape index (κ3) is 3.82. The van der Waals surface area contributed by atoms with E-state index < -0.39 is 5.54 Å². The van der Waals surface area contributed by atoms with E-state index in [1.165, 1.54) is 16.7 Å². The van der Waals surface area contributed by atoms with Gasteiger partial charge in [-0.25, -0.2) is 4.79 Å². The van der Waals surface area contributed by atoms with E-state index in [-0.39, 0.29) is 11.9 Å². The Labute approximate surface area is 179 Å². The number of carbonyl (C=O) groups is 2. The first-order valence-electron chi connectivity index (χ1n) is 9.71. The molecule has 7 nitrogen and oxygen atoms in total. The van der Waals surface area contributed by atoms with E-state index in [0.717, 1.165) is 22.6 Å². The molecule has 0 bridgehead atoms. The second-order valence-electron chi connectivity index (χ2n) is 7.71.